The minimum Gasteiger partial charge on any atom is -0.496 e. The van der Waals surface area contributed by atoms with Crippen molar-refractivity contribution in [3.05, 3.63) is 29.6 Å². The zero-order valence-corrected chi connectivity index (χ0v) is 12.7. The van der Waals surface area contributed by atoms with Crippen LogP contribution in [0.1, 0.15) is 45.8 Å². The van der Waals surface area contributed by atoms with E-state index in [9.17, 15) is 9.50 Å². The Labute approximate surface area is 119 Å². The molecule has 4 heteroatoms. The van der Waals surface area contributed by atoms with E-state index in [-0.39, 0.29) is 17.1 Å². The number of hydrogen-bond donors (Lipinski definition) is 1. The van der Waals surface area contributed by atoms with E-state index in [1.165, 1.54) is 13.2 Å². The monoisotopic (exact) mass is 282 g/mol. The minimum absolute atomic E-state index is 0.191. The van der Waals surface area contributed by atoms with Gasteiger partial charge in [0, 0.05) is 5.92 Å². The Bertz CT molecular complexity index is 496. The van der Waals surface area contributed by atoms with Crippen molar-refractivity contribution >= 4 is 0 Å². The van der Waals surface area contributed by atoms with E-state index in [4.69, 9.17) is 9.47 Å². The first kappa shape index (κ1) is 15.3. The maximum Gasteiger partial charge on any atom is 0.132 e. The fourth-order valence-electron chi connectivity index (χ4n) is 3.28. The first-order valence-corrected chi connectivity index (χ1v) is 6.88. The van der Waals surface area contributed by atoms with Crippen LogP contribution in [0.2, 0.25) is 0 Å². The largest absolute Gasteiger partial charge is 0.496 e. The smallest absolute Gasteiger partial charge is 0.132 e. The molecule has 1 fully saturated rings. The van der Waals surface area contributed by atoms with Gasteiger partial charge in [0.15, 0.2) is 0 Å². The van der Waals surface area contributed by atoms with Crippen LogP contribution in [0.4, 0.5) is 4.39 Å². The van der Waals surface area contributed by atoms with Crippen LogP contribution in [0.25, 0.3) is 0 Å². The average molecular weight is 282 g/mol. The van der Waals surface area contributed by atoms with E-state index in [0.29, 0.717) is 12.2 Å². The lowest BCUT2D eigenvalue weighted by atomic mass is 9.80. The average Bonchev–Trinajstić information content (AvgIpc) is 2.56. The van der Waals surface area contributed by atoms with Crippen molar-refractivity contribution in [2.24, 2.45) is 5.92 Å². The van der Waals surface area contributed by atoms with Gasteiger partial charge in [0.2, 0.25) is 0 Å². The predicted molar refractivity (Wildman–Crippen MR) is 75.3 cm³/mol. The van der Waals surface area contributed by atoms with E-state index >= 15 is 0 Å². The van der Waals surface area contributed by atoms with Gasteiger partial charge in [-0.15, -0.1) is 0 Å². The zero-order chi connectivity index (χ0) is 15.1. The summed E-state index contributed by atoms with van der Waals surface area (Å²) in [6, 6.07) is 4.58. The maximum absolute atomic E-state index is 14.1. The van der Waals surface area contributed by atoms with Crippen LogP contribution in [0.15, 0.2) is 18.2 Å². The van der Waals surface area contributed by atoms with Gasteiger partial charge in [-0.3, -0.25) is 0 Å². The lowest BCUT2D eigenvalue weighted by Gasteiger charge is -2.31. The number of aliphatic hydroxyl groups is 1. The molecule has 0 radical (unpaired) electrons. The number of aliphatic hydroxyl groups excluding tert-OH is 1. The molecule has 0 aromatic heterocycles. The highest BCUT2D eigenvalue weighted by molar-refractivity contribution is 5.37. The van der Waals surface area contributed by atoms with Crippen molar-refractivity contribution in [2.75, 3.05) is 7.11 Å². The summed E-state index contributed by atoms with van der Waals surface area (Å²) < 4.78 is 25.3. The van der Waals surface area contributed by atoms with E-state index in [1.54, 1.807) is 12.1 Å². The first-order valence-electron chi connectivity index (χ1n) is 6.88. The number of hydrogen-bond acceptors (Lipinski definition) is 3. The van der Waals surface area contributed by atoms with Gasteiger partial charge < -0.3 is 14.6 Å². The molecule has 20 heavy (non-hydrogen) atoms. The second-order valence-corrected chi connectivity index (χ2v) is 6.58. The normalized spacial score (nSPS) is 25.4. The molecule has 1 aromatic carbocycles. The quantitative estimate of drug-likeness (QED) is 0.922. The van der Waals surface area contributed by atoms with E-state index < -0.39 is 17.5 Å². The summed E-state index contributed by atoms with van der Waals surface area (Å²) in [4.78, 5) is 0. The molecule has 1 heterocycles. The third-order valence-electron chi connectivity index (χ3n) is 4.05. The third-order valence-corrected chi connectivity index (χ3v) is 4.05. The summed E-state index contributed by atoms with van der Waals surface area (Å²) >= 11 is 0. The fourth-order valence-corrected chi connectivity index (χ4v) is 3.28. The summed E-state index contributed by atoms with van der Waals surface area (Å²) in [5.41, 5.74) is -0.626. The van der Waals surface area contributed by atoms with Crippen LogP contribution in [-0.2, 0) is 4.74 Å². The van der Waals surface area contributed by atoms with Crippen LogP contribution in [0.5, 0.6) is 5.75 Å². The Balaban J connectivity index is 2.40. The molecule has 0 bridgehead atoms. The molecule has 112 valence electrons. The molecular weight excluding hydrogens is 259 g/mol. The van der Waals surface area contributed by atoms with Crippen molar-refractivity contribution < 1.29 is 19.0 Å². The maximum atomic E-state index is 14.1. The standard InChI is InChI=1S/C16H23FO3/c1-15(2)9-10(16(3,4)20-15)14(18)13-11(17)7-6-8-12(13)19-5/h6-8,10,14,18H,9H2,1-5H3. The Morgan fingerprint density at radius 3 is 2.50 bits per heavy atom. The molecular formula is C16H23FO3. The highest BCUT2D eigenvalue weighted by Crippen LogP contribution is 2.49. The van der Waals surface area contributed by atoms with E-state index in [0.717, 1.165) is 0 Å². The van der Waals surface area contributed by atoms with Crippen molar-refractivity contribution in [3.63, 3.8) is 0 Å². The SMILES string of the molecule is COc1cccc(F)c1C(O)C1CC(C)(C)OC1(C)C. The number of rotatable bonds is 3. The molecule has 2 unspecified atom stereocenters. The Kier molecular flexibility index (Phi) is 3.82. The number of benzene rings is 1. The summed E-state index contributed by atoms with van der Waals surface area (Å²) in [5.74, 6) is -0.265. The van der Waals surface area contributed by atoms with Gasteiger partial charge in [-0.25, -0.2) is 4.39 Å². The van der Waals surface area contributed by atoms with Crippen LogP contribution in [-0.4, -0.2) is 23.4 Å². The summed E-state index contributed by atoms with van der Waals surface area (Å²) in [6.07, 6.45) is -0.290. The molecule has 0 spiro atoms. The summed E-state index contributed by atoms with van der Waals surface area (Å²) in [7, 11) is 1.48. The Morgan fingerprint density at radius 1 is 1.35 bits per heavy atom. The number of methoxy groups -OCH3 is 1. The van der Waals surface area contributed by atoms with E-state index in [1.807, 2.05) is 27.7 Å². The van der Waals surface area contributed by atoms with Crippen molar-refractivity contribution in [2.45, 2.75) is 51.4 Å². The molecule has 0 amide bonds. The second kappa shape index (κ2) is 5.01. The van der Waals surface area contributed by atoms with Gasteiger partial charge >= 0.3 is 0 Å². The van der Waals surface area contributed by atoms with Crippen molar-refractivity contribution in [1.29, 1.82) is 0 Å². The van der Waals surface area contributed by atoms with Gasteiger partial charge in [0.05, 0.1) is 30.0 Å². The molecule has 0 saturated carbocycles. The highest BCUT2D eigenvalue weighted by Gasteiger charge is 2.50. The van der Waals surface area contributed by atoms with Gasteiger partial charge in [0.1, 0.15) is 11.6 Å². The van der Waals surface area contributed by atoms with Gasteiger partial charge in [-0.05, 0) is 46.2 Å². The molecule has 1 N–H and O–H groups in total. The zero-order valence-electron chi connectivity index (χ0n) is 12.7. The summed E-state index contributed by atoms with van der Waals surface area (Å²) in [5, 5.41) is 10.7. The van der Waals surface area contributed by atoms with Crippen LogP contribution >= 0.6 is 0 Å². The molecule has 0 aliphatic carbocycles. The fraction of sp³-hybridized carbons (Fsp3) is 0.625. The van der Waals surface area contributed by atoms with E-state index in [2.05, 4.69) is 0 Å². The van der Waals surface area contributed by atoms with Crippen LogP contribution in [0, 0.1) is 11.7 Å². The lowest BCUT2D eigenvalue weighted by Crippen LogP contribution is -2.33. The minimum atomic E-state index is -0.956. The molecule has 2 atom stereocenters. The molecule has 1 saturated heterocycles. The van der Waals surface area contributed by atoms with Gasteiger partial charge in [-0.1, -0.05) is 6.07 Å². The predicted octanol–water partition coefficient (Wildman–Crippen LogP) is 3.46. The molecule has 1 aliphatic rings. The summed E-state index contributed by atoms with van der Waals surface area (Å²) in [6.45, 7) is 7.84. The Hall–Kier alpha value is -1.13. The van der Waals surface area contributed by atoms with Crippen molar-refractivity contribution in [1.82, 2.24) is 0 Å². The van der Waals surface area contributed by atoms with Gasteiger partial charge in [-0.2, -0.15) is 0 Å². The second-order valence-electron chi connectivity index (χ2n) is 6.58. The molecule has 1 aromatic rings. The third kappa shape index (κ3) is 2.67. The van der Waals surface area contributed by atoms with Gasteiger partial charge in [0.25, 0.3) is 0 Å². The molecule has 2 rings (SSSR count). The van der Waals surface area contributed by atoms with Crippen LogP contribution in [0.3, 0.4) is 0 Å². The molecule has 3 nitrogen and oxygen atoms in total. The lowest BCUT2D eigenvalue weighted by molar-refractivity contribution is -0.0884. The number of ether oxygens (including phenoxy) is 2. The molecule has 1 aliphatic heterocycles. The number of halogens is 1. The van der Waals surface area contributed by atoms with Crippen LogP contribution < -0.4 is 4.74 Å². The van der Waals surface area contributed by atoms with Crippen molar-refractivity contribution in [3.8, 4) is 5.75 Å². The first-order chi connectivity index (χ1) is 9.18. The topological polar surface area (TPSA) is 38.7 Å². The highest BCUT2D eigenvalue weighted by atomic mass is 19.1. The Morgan fingerprint density at radius 2 is 2.00 bits per heavy atom.